The van der Waals surface area contributed by atoms with Gasteiger partial charge < -0.3 is 15.8 Å². The summed E-state index contributed by atoms with van der Waals surface area (Å²) in [6, 6.07) is 0.162. The lowest BCUT2D eigenvalue weighted by Crippen LogP contribution is -2.40. The van der Waals surface area contributed by atoms with Crippen molar-refractivity contribution in [3.63, 3.8) is 0 Å². The minimum atomic E-state index is -0.368. The molecule has 4 nitrogen and oxygen atoms in total. The van der Waals surface area contributed by atoms with E-state index in [-0.39, 0.29) is 18.1 Å². The topological polar surface area (TPSA) is 64.3 Å². The second-order valence-electron chi connectivity index (χ2n) is 5.68. The second kappa shape index (κ2) is 7.74. The lowest BCUT2D eigenvalue weighted by Gasteiger charge is -2.31. The quantitative estimate of drug-likeness (QED) is 0.760. The number of nitrogens with one attached hydrogen (secondary N) is 1. The highest BCUT2D eigenvalue weighted by Gasteiger charge is 2.25. The van der Waals surface area contributed by atoms with Crippen LogP contribution in [-0.4, -0.2) is 31.2 Å². The summed E-state index contributed by atoms with van der Waals surface area (Å²) < 4.78 is 5.71. The van der Waals surface area contributed by atoms with Gasteiger partial charge in [-0.05, 0) is 52.0 Å². The van der Waals surface area contributed by atoms with Crippen molar-refractivity contribution in [2.24, 2.45) is 17.6 Å². The zero-order chi connectivity index (χ0) is 13.5. The van der Waals surface area contributed by atoms with E-state index in [1.165, 1.54) is 25.7 Å². The Morgan fingerprint density at radius 2 is 1.89 bits per heavy atom. The van der Waals surface area contributed by atoms with Gasteiger partial charge in [-0.2, -0.15) is 0 Å². The third-order valence-corrected chi connectivity index (χ3v) is 3.73. The summed E-state index contributed by atoms with van der Waals surface area (Å²) in [5, 5.41) is 2.87. The smallest absolute Gasteiger partial charge is 0.249 e. The van der Waals surface area contributed by atoms with Crippen molar-refractivity contribution >= 4 is 5.91 Å². The van der Waals surface area contributed by atoms with Crippen LogP contribution in [0, 0.1) is 11.8 Å². The third kappa shape index (κ3) is 4.94. The van der Waals surface area contributed by atoms with Crippen LogP contribution in [0.4, 0.5) is 0 Å². The van der Waals surface area contributed by atoms with Crippen LogP contribution in [0.3, 0.4) is 0 Å². The van der Waals surface area contributed by atoms with Crippen molar-refractivity contribution in [3.8, 4) is 0 Å². The molecule has 0 radical (unpaired) electrons. The van der Waals surface area contributed by atoms with Gasteiger partial charge in [-0.15, -0.1) is 0 Å². The number of carbonyl (C=O) groups excluding carboxylic acids is 1. The molecule has 1 aliphatic carbocycles. The zero-order valence-electron chi connectivity index (χ0n) is 11.9. The van der Waals surface area contributed by atoms with E-state index in [9.17, 15) is 4.79 Å². The van der Waals surface area contributed by atoms with E-state index in [1.807, 2.05) is 20.8 Å². The van der Waals surface area contributed by atoms with Gasteiger partial charge >= 0.3 is 0 Å². The Hall–Kier alpha value is -0.610. The molecular formula is C14H28N2O2. The molecule has 1 fully saturated rings. The lowest BCUT2D eigenvalue weighted by atomic mass is 9.80. The molecule has 1 aliphatic rings. The molecule has 3 atom stereocenters. The minimum Gasteiger partial charge on any atom is -0.368 e. The first-order valence-electron chi connectivity index (χ1n) is 7.16. The molecule has 106 valence electrons. The fourth-order valence-corrected chi connectivity index (χ4v) is 2.56. The van der Waals surface area contributed by atoms with Crippen molar-refractivity contribution in [1.29, 1.82) is 0 Å². The summed E-state index contributed by atoms with van der Waals surface area (Å²) in [6.07, 6.45) is 4.56. The molecular weight excluding hydrogens is 228 g/mol. The number of hydrogen-bond donors (Lipinski definition) is 2. The Morgan fingerprint density at radius 1 is 1.28 bits per heavy atom. The van der Waals surface area contributed by atoms with Gasteiger partial charge in [0.25, 0.3) is 0 Å². The van der Waals surface area contributed by atoms with Gasteiger partial charge in [0.1, 0.15) is 6.10 Å². The maximum Gasteiger partial charge on any atom is 0.249 e. The van der Waals surface area contributed by atoms with E-state index in [0.29, 0.717) is 18.4 Å². The first-order valence-corrected chi connectivity index (χ1v) is 7.16. The highest BCUT2D eigenvalue weighted by atomic mass is 16.5. The Kier molecular flexibility index (Phi) is 6.65. The monoisotopic (exact) mass is 256 g/mol. The first-order chi connectivity index (χ1) is 8.54. The van der Waals surface area contributed by atoms with Crippen LogP contribution in [0.25, 0.3) is 0 Å². The van der Waals surface area contributed by atoms with E-state index in [1.54, 1.807) is 0 Å². The Bertz CT molecular complexity index is 256. The number of hydrogen-bond acceptors (Lipinski definition) is 3. The van der Waals surface area contributed by atoms with Crippen LogP contribution in [0.2, 0.25) is 0 Å². The van der Waals surface area contributed by atoms with Gasteiger partial charge in [0.15, 0.2) is 0 Å². The van der Waals surface area contributed by atoms with Crippen molar-refractivity contribution in [2.75, 3.05) is 13.2 Å². The summed E-state index contributed by atoms with van der Waals surface area (Å²) in [7, 11) is 0. The lowest BCUT2D eigenvalue weighted by molar-refractivity contribution is -0.133. The summed E-state index contributed by atoms with van der Waals surface area (Å²) in [5.41, 5.74) is 5.79. The van der Waals surface area contributed by atoms with E-state index in [0.717, 1.165) is 6.54 Å². The van der Waals surface area contributed by atoms with E-state index in [2.05, 4.69) is 5.32 Å². The SMILES string of the molecule is CC(C)NC(=O)C(C)OCC1CCCCC1CN. The predicted molar refractivity (Wildman–Crippen MR) is 73.2 cm³/mol. The van der Waals surface area contributed by atoms with Gasteiger partial charge in [-0.25, -0.2) is 0 Å². The normalized spacial score (nSPS) is 26.1. The van der Waals surface area contributed by atoms with Crippen LogP contribution < -0.4 is 11.1 Å². The van der Waals surface area contributed by atoms with Crippen LogP contribution in [0.5, 0.6) is 0 Å². The minimum absolute atomic E-state index is 0.0230. The fourth-order valence-electron chi connectivity index (χ4n) is 2.56. The summed E-state index contributed by atoms with van der Waals surface area (Å²) in [6.45, 7) is 7.12. The number of amides is 1. The highest BCUT2D eigenvalue weighted by molar-refractivity contribution is 5.80. The second-order valence-corrected chi connectivity index (χ2v) is 5.68. The maximum atomic E-state index is 11.7. The molecule has 0 aromatic rings. The highest BCUT2D eigenvalue weighted by Crippen LogP contribution is 2.29. The molecule has 18 heavy (non-hydrogen) atoms. The number of nitrogens with two attached hydrogens (primary N) is 1. The van der Waals surface area contributed by atoms with Gasteiger partial charge in [-0.3, -0.25) is 4.79 Å². The Labute approximate surface area is 111 Å². The largest absolute Gasteiger partial charge is 0.368 e. The molecule has 4 heteroatoms. The summed E-state index contributed by atoms with van der Waals surface area (Å²) in [4.78, 5) is 11.7. The average Bonchev–Trinajstić information content (AvgIpc) is 2.35. The first kappa shape index (κ1) is 15.4. The molecule has 0 heterocycles. The summed E-state index contributed by atoms with van der Waals surface area (Å²) >= 11 is 0. The molecule has 0 aromatic carbocycles. The Balaban J connectivity index is 2.32. The van der Waals surface area contributed by atoms with Crippen molar-refractivity contribution in [2.45, 2.75) is 58.6 Å². The fraction of sp³-hybridized carbons (Fsp3) is 0.929. The van der Waals surface area contributed by atoms with Crippen molar-refractivity contribution in [3.05, 3.63) is 0 Å². The molecule has 0 bridgehead atoms. The number of ether oxygens (including phenoxy) is 1. The molecule has 1 saturated carbocycles. The number of carbonyl (C=O) groups is 1. The van der Waals surface area contributed by atoms with Crippen LogP contribution in [0.1, 0.15) is 46.5 Å². The van der Waals surface area contributed by atoms with Crippen molar-refractivity contribution in [1.82, 2.24) is 5.32 Å². The molecule has 3 N–H and O–H groups in total. The Morgan fingerprint density at radius 3 is 2.44 bits per heavy atom. The summed E-state index contributed by atoms with van der Waals surface area (Å²) in [5.74, 6) is 1.07. The number of rotatable bonds is 6. The molecule has 0 saturated heterocycles. The van der Waals surface area contributed by atoms with Crippen LogP contribution >= 0.6 is 0 Å². The molecule has 3 unspecified atom stereocenters. The molecule has 1 amide bonds. The standard InChI is InChI=1S/C14H28N2O2/c1-10(2)16-14(17)11(3)18-9-13-7-5-4-6-12(13)8-15/h10-13H,4-9,15H2,1-3H3,(H,16,17). The van der Waals surface area contributed by atoms with Crippen LogP contribution in [0.15, 0.2) is 0 Å². The predicted octanol–water partition coefficient (Wildman–Crippen LogP) is 1.68. The van der Waals surface area contributed by atoms with Gasteiger partial charge in [0.05, 0.1) is 6.61 Å². The molecule has 1 rings (SSSR count). The molecule has 0 aliphatic heterocycles. The molecule has 0 aromatic heterocycles. The van der Waals surface area contributed by atoms with E-state index in [4.69, 9.17) is 10.5 Å². The molecule has 0 spiro atoms. The zero-order valence-corrected chi connectivity index (χ0v) is 11.9. The van der Waals surface area contributed by atoms with Crippen LogP contribution in [-0.2, 0) is 9.53 Å². The van der Waals surface area contributed by atoms with E-state index >= 15 is 0 Å². The maximum absolute atomic E-state index is 11.7. The van der Waals surface area contributed by atoms with E-state index < -0.39 is 0 Å². The van der Waals surface area contributed by atoms with Gasteiger partial charge in [0.2, 0.25) is 5.91 Å². The van der Waals surface area contributed by atoms with Crippen molar-refractivity contribution < 1.29 is 9.53 Å². The third-order valence-electron chi connectivity index (χ3n) is 3.73. The van der Waals surface area contributed by atoms with Gasteiger partial charge in [-0.1, -0.05) is 12.8 Å². The van der Waals surface area contributed by atoms with Gasteiger partial charge in [0, 0.05) is 6.04 Å². The average molecular weight is 256 g/mol.